The number of amides is 1. The zero-order valence-corrected chi connectivity index (χ0v) is 15.3. The molecule has 0 bridgehead atoms. The molecule has 2 rings (SSSR count). The van der Waals surface area contributed by atoms with E-state index in [-0.39, 0.29) is 58.4 Å². The van der Waals surface area contributed by atoms with Crippen LogP contribution in [0.25, 0.3) is 0 Å². The molecule has 0 unspecified atom stereocenters. The fourth-order valence-electron chi connectivity index (χ4n) is 2.03. The maximum atomic E-state index is 13.0. The van der Waals surface area contributed by atoms with Crippen LogP contribution < -0.4 is 5.73 Å². The van der Waals surface area contributed by atoms with E-state index < -0.39 is 24.2 Å². The van der Waals surface area contributed by atoms with Crippen molar-refractivity contribution < 1.29 is 14.3 Å². The second-order valence-electron chi connectivity index (χ2n) is 4.42. The van der Waals surface area contributed by atoms with E-state index in [1.54, 1.807) is 12.1 Å². The number of carbonyl (C=O) groups is 1. The van der Waals surface area contributed by atoms with Crippen LogP contribution in [0.1, 0.15) is 18.1 Å². The predicted octanol–water partition coefficient (Wildman–Crippen LogP) is 1.08. The highest BCUT2D eigenvalue weighted by Gasteiger charge is 2.32. The summed E-state index contributed by atoms with van der Waals surface area (Å²) in [5, 5.41) is 9.99. The molecule has 0 saturated carbocycles. The van der Waals surface area contributed by atoms with E-state index in [0.717, 1.165) is 0 Å². The summed E-state index contributed by atoms with van der Waals surface area (Å²) in [7, 11) is 0. The van der Waals surface area contributed by atoms with Gasteiger partial charge in [0.2, 0.25) is 5.91 Å². The average molecular weight is 394 g/mol. The largest absolute Gasteiger partial charge is 0.386 e. The molecule has 0 spiro atoms. The van der Waals surface area contributed by atoms with Crippen LogP contribution in [0.2, 0.25) is 0 Å². The first-order valence-corrected chi connectivity index (χ1v) is 5.86. The molecule has 1 aliphatic rings. The lowest BCUT2D eigenvalue weighted by atomic mass is 10.0. The Hall–Kier alpha value is -0.250. The molecule has 0 aromatic carbocycles. The van der Waals surface area contributed by atoms with E-state index in [9.17, 15) is 14.3 Å². The number of hydrogen-bond acceptors (Lipinski definition) is 4. The van der Waals surface area contributed by atoms with Gasteiger partial charge in [-0.25, -0.2) is 4.39 Å². The Bertz CT molecular complexity index is 434. The minimum atomic E-state index is -1.10. The predicted molar refractivity (Wildman–Crippen MR) is 98.5 cm³/mol. The van der Waals surface area contributed by atoms with Gasteiger partial charge < -0.3 is 15.7 Å². The summed E-state index contributed by atoms with van der Waals surface area (Å²) >= 11 is 0. The third-order valence-electron chi connectivity index (χ3n) is 3.12. The van der Waals surface area contributed by atoms with Crippen molar-refractivity contribution in [1.82, 2.24) is 9.88 Å². The normalized spacial score (nSPS) is 18.7. The maximum Gasteiger partial charge on any atom is 0.242 e. The molecule has 3 N–H and O–H groups in total. The van der Waals surface area contributed by atoms with Gasteiger partial charge in [-0.3, -0.25) is 9.78 Å². The number of nitrogens with two attached hydrogens (primary N) is 1. The molecule has 0 aliphatic carbocycles. The van der Waals surface area contributed by atoms with Gasteiger partial charge in [-0.2, -0.15) is 27.0 Å². The second kappa shape index (κ2) is 12.2. The summed E-state index contributed by atoms with van der Waals surface area (Å²) in [4.78, 5) is 17.1. The Morgan fingerprint density at radius 2 is 1.91 bits per heavy atom. The van der Waals surface area contributed by atoms with E-state index in [4.69, 9.17) is 5.73 Å². The van der Waals surface area contributed by atoms with Gasteiger partial charge in [-0.15, -0.1) is 24.8 Å². The van der Waals surface area contributed by atoms with Crippen LogP contribution in [-0.2, 0) is 4.79 Å². The topological polar surface area (TPSA) is 79.5 Å². The summed E-state index contributed by atoms with van der Waals surface area (Å²) in [5.74, 6) is -0.417. The smallest absolute Gasteiger partial charge is 0.242 e. The summed E-state index contributed by atoms with van der Waals surface area (Å²) < 4.78 is 13.0. The number of alkyl halides is 1. The van der Waals surface area contributed by atoms with Crippen molar-refractivity contribution in [1.29, 1.82) is 0 Å². The lowest BCUT2D eigenvalue weighted by molar-refractivity contribution is -0.134. The van der Waals surface area contributed by atoms with E-state index in [1.807, 2.05) is 0 Å². The molecule has 1 amide bonds. The molecule has 1 aromatic rings. The number of aliphatic hydroxyl groups excluding tert-OH is 1. The van der Waals surface area contributed by atoms with Crippen LogP contribution in [0.5, 0.6) is 0 Å². The van der Waals surface area contributed by atoms with Crippen molar-refractivity contribution in [3.8, 4) is 0 Å². The quantitative estimate of drug-likeness (QED) is 0.804. The van der Waals surface area contributed by atoms with Gasteiger partial charge in [0.15, 0.2) is 0 Å². The second-order valence-corrected chi connectivity index (χ2v) is 4.42. The molecule has 130 valence electrons. The number of hydrogen-bond donors (Lipinski definition) is 2. The number of halogens is 3. The van der Waals surface area contributed by atoms with Crippen molar-refractivity contribution >= 4 is 57.7 Å². The standard InChI is InChI=1S/C12H16FN3O2.2ClH.2H2S/c13-9-3-6-16(7-9)12(18)10(14)11(17)8-1-4-15-5-2-8;;;;/h1-2,4-5,9-11,17H,3,6-7,14H2;2*1H;2*1H2/t9-,10+,11-;;;;/m0..../s1. The van der Waals surface area contributed by atoms with Crippen LogP contribution in [0.15, 0.2) is 24.5 Å². The fraction of sp³-hybridized carbons (Fsp3) is 0.500. The molecule has 5 nitrogen and oxygen atoms in total. The van der Waals surface area contributed by atoms with E-state index >= 15 is 0 Å². The van der Waals surface area contributed by atoms with Gasteiger partial charge in [-0.1, -0.05) is 0 Å². The molecule has 2 heterocycles. The Balaban J connectivity index is -0.000000902. The highest BCUT2D eigenvalue weighted by Crippen LogP contribution is 2.19. The monoisotopic (exact) mass is 393 g/mol. The first-order chi connectivity index (χ1) is 8.59. The van der Waals surface area contributed by atoms with Gasteiger partial charge in [-0.05, 0) is 24.1 Å². The van der Waals surface area contributed by atoms with Crippen molar-refractivity contribution in [2.45, 2.75) is 24.7 Å². The molecule has 3 atom stereocenters. The molecule has 22 heavy (non-hydrogen) atoms. The van der Waals surface area contributed by atoms with E-state index in [0.29, 0.717) is 18.5 Å². The number of nitrogens with zero attached hydrogens (tertiary/aromatic N) is 2. The summed E-state index contributed by atoms with van der Waals surface area (Å²) in [6.07, 6.45) is 1.29. The molecule has 0 radical (unpaired) electrons. The summed E-state index contributed by atoms with van der Waals surface area (Å²) in [6, 6.07) is 2.12. The van der Waals surface area contributed by atoms with E-state index in [2.05, 4.69) is 4.98 Å². The van der Waals surface area contributed by atoms with Gasteiger partial charge in [0.1, 0.15) is 18.3 Å². The molecule has 1 fully saturated rings. The molecular weight excluding hydrogens is 372 g/mol. The summed E-state index contributed by atoms with van der Waals surface area (Å²) in [5.41, 5.74) is 6.26. The summed E-state index contributed by atoms with van der Waals surface area (Å²) in [6.45, 7) is 0.423. The number of likely N-dealkylation sites (tertiary alicyclic amines) is 1. The van der Waals surface area contributed by atoms with Crippen LogP contribution in [-0.4, -0.2) is 46.2 Å². The Morgan fingerprint density at radius 1 is 1.36 bits per heavy atom. The van der Waals surface area contributed by atoms with Crippen molar-refractivity contribution in [2.24, 2.45) is 5.73 Å². The Morgan fingerprint density at radius 3 is 2.36 bits per heavy atom. The zero-order valence-electron chi connectivity index (χ0n) is 11.7. The molecular formula is C12H22Cl2FN3O2S2. The Labute approximate surface area is 155 Å². The number of pyridine rings is 1. The highest BCUT2D eigenvalue weighted by atomic mass is 35.5. The van der Waals surface area contributed by atoms with Crippen molar-refractivity contribution in [3.05, 3.63) is 30.1 Å². The van der Waals surface area contributed by atoms with Gasteiger partial charge in [0.05, 0.1) is 6.54 Å². The number of aromatic nitrogens is 1. The zero-order chi connectivity index (χ0) is 13.1. The van der Waals surface area contributed by atoms with Gasteiger partial charge in [0, 0.05) is 18.9 Å². The fourth-order valence-corrected chi connectivity index (χ4v) is 2.03. The van der Waals surface area contributed by atoms with Crippen LogP contribution in [0, 0.1) is 0 Å². The number of rotatable bonds is 3. The van der Waals surface area contributed by atoms with Gasteiger partial charge >= 0.3 is 0 Å². The highest BCUT2D eigenvalue weighted by molar-refractivity contribution is 7.59. The van der Waals surface area contributed by atoms with E-state index in [1.165, 1.54) is 17.3 Å². The minimum Gasteiger partial charge on any atom is -0.386 e. The lowest BCUT2D eigenvalue weighted by Crippen LogP contribution is -2.46. The maximum absolute atomic E-state index is 13.0. The van der Waals surface area contributed by atoms with Crippen LogP contribution >= 0.6 is 51.8 Å². The molecule has 1 aliphatic heterocycles. The molecule has 10 heteroatoms. The van der Waals surface area contributed by atoms with Crippen molar-refractivity contribution in [3.63, 3.8) is 0 Å². The third kappa shape index (κ3) is 6.47. The SMILES string of the molecule is Cl.Cl.N[C@@H](C(=O)N1CC[C@H](F)C1)[C@@H](O)c1ccncc1.S.S. The lowest BCUT2D eigenvalue weighted by Gasteiger charge is -2.23. The average Bonchev–Trinajstić information content (AvgIpc) is 2.84. The Kier molecular flexibility index (Phi) is 14.8. The minimum absolute atomic E-state index is 0. The first-order valence-electron chi connectivity index (χ1n) is 5.86. The first kappa shape index (κ1) is 26.6. The third-order valence-corrected chi connectivity index (χ3v) is 3.12. The van der Waals surface area contributed by atoms with Crippen LogP contribution in [0.3, 0.4) is 0 Å². The van der Waals surface area contributed by atoms with Crippen LogP contribution in [0.4, 0.5) is 4.39 Å². The number of carbonyl (C=O) groups excluding carboxylic acids is 1. The number of aliphatic hydroxyl groups is 1. The molecule has 1 saturated heterocycles. The van der Waals surface area contributed by atoms with Crippen molar-refractivity contribution in [2.75, 3.05) is 13.1 Å². The van der Waals surface area contributed by atoms with Gasteiger partial charge in [0.25, 0.3) is 0 Å². The molecule has 1 aromatic heterocycles.